The van der Waals surface area contributed by atoms with Crippen molar-refractivity contribution in [3.8, 4) is 0 Å². The van der Waals surface area contributed by atoms with Gasteiger partial charge in [-0.1, -0.05) is 30.3 Å². The fraction of sp³-hybridized carbons (Fsp3) is 0.286. The van der Waals surface area contributed by atoms with E-state index in [1.165, 1.54) is 11.8 Å². The van der Waals surface area contributed by atoms with Gasteiger partial charge in [0, 0.05) is 19.6 Å². The summed E-state index contributed by atoms with van der Waals surface area (Å²) in [5.74, 6) is -0.947. The summed E-state index contributed by atoms with van der Waals surface area (Å²) in [5.41, 5.74) is 2.09. The van der Waals surface area contributed by atoms with E-state index >= 15 is 0 Å². The van der Waals surface area contributed by atoms with E-state index in [0.29, 0.717) is 12.2 Å². The van der Waals surface area contributed by atoms with E-state index in [1.807, 2.05) is 37.3 Å². The normalized spacial score (nSPS) is 12.3. The third-order valence-electron chi connectivity index (χ3n) is 3.17. The van der Waals surface area contributed by atoms with Crippen LogP contribution in [0.1, 0.15) is 34.6 Å². The number of aryl methyl sites for hydroxylation is 1. The first-order valence-corrected chi connectivity index (χ1v) is 6.12. The van der Waals surface area contributed by atoms with Crippen LogP contribution in [0.15, 0.2) is 36.5 Å². The number of hydrogen-bond acceptors (Lipinski definition) is 3. The Bertz CT molecular complexity index is 563. The predicted molar refractivity (Wildman–Crippen MR) is 71.9 cm³/mol. The van der Waals surface area contributed by atoms with Crippen molar-refractivity contribution in [2.45, 2.75) is 19.5 Å². The third-order valence-corrected chi connectivity index (χ3v) is 3.17. The molecule has 0 amide bonds. The Morgan fingerprint density at radius 1 is 1.42 bits per heavy atom. The lowest BCUT2D eigenvalue weighted by Gasteiger charge is -2.14. The molecule has 0 radical (unpaired) electrons. The molecule has 0 aliphatic rings. The van der Waals surface area contributed by atoms with Gasteiger partial charge in [0.1, 0.15) is 5.56 Å². The summed E-state index contributed by atoms with van der Waals surface area (Å²) >= 11 is 0. The second kappa shape index (κ2) is 5.67. The number of hydrogen-bond donors (Lipinski definition) is 2. The first-order valence-electron chi connectivity index (χ1n) is 6.12. The molecule has 0 spiro atoms. The van der Waals surface area contributed by atoms with E-state index in [2.05, 4.69) is 10.4 Å². The van der Waals surface area contributed by atoms with Crippen molar-refractivity contribution in [2.24, 2.45) is 7.05 Å². The van der Waals surface area contributed by atoms with E-state index in [-0.39, 0.29) is 11.6 Å². The molecule has 2 N–H and O–H groups in total. The molecule has 19 heavy (non-hydrogen) atoms. The van der Waals surface area contributed by atoms with Gasteiger partial charge < -0.3 is 10.4 Å². The van der Waals surface area contributed by atoms with Crippen LogP contribution in [0, 0.1) is 0 Å². The Hall–Kier alpha value is -2.14. The molecule has 5 nitrogen and oxygen atoms in total. The Labute approximate surface area is 111 Å². The number of carboxylic acid groups (broad SMARTS) is 1. The molecule has 1 atom stereocenters. The molecular formula is C14H17N3O2. The maximum Gasteiger partial charge on any atom is 0.339 e. The van der Waals surface area contributed by atoms with Crippen LogP contribution < -0.4 is 5.32 Å². The highest BCUT2D eigenvalue weighted by Gasteiger charge is 2.15. The van der Waals surface area contributed by atoms with Crippen molar-refractivity contribution in [1.29, 1.82) is 0 Å². The van der Waals surface area contributed by atoms with Gasteiger partial charge in [0.25, 0.3) is 0 Å². The van der Waals surface area contributed by atoms with E-state index in [1.54, 1.807) is 11.7 Å². The summed E-state index contributed by atoms with van der Waals surface area (Å²) in [6.07, 6.45) is 1.38. The topological polar surface area (TPSA) is 67.2 Å². The van der Waals surface area contributed by atoms with Crippen LogP contribution in [-0.2, 0) is 13.6 Å². The largest absolute Gasteiger partial charge is 0.478 e. The van der Waals surface area contributed by atoms with Gasteiger partial charge in [-0.2, -0.15) is 5.10 Å². The Morgan fingerprint density at radius 2 is 2.11 bits per heavy atom. The molecule has 1 aromatic heterocycles. The molecule has 1 unspecified atom stereocenters. The van der Waals surface area contributed by atoms with E-state index in [0.717, 1.165) is 0 Å². The zero-order chi connectivity index (χ0) is 13.8. The smallest absolute Gasteiger partial charge is 0.339 e. The number of aromatic nitrogens is 2. The highest BCUT2D eigenvalue weighted by molar-refractivity contribution is 5.88. The minimum Gasteiger partial charge on any atom is -0.478 e. The zero-order valence-electron chi connectivity index (χ0n) is 11.0. The standard InChI is InChI=1S/C14H17N3O2/c1-10(11-6-4-3-5-7-11)15-9-13-12(14(18)19)8-16-17(13)2/h3-8,10,15H,9H2,1-2H3,(H,18,19). The fourth-order valence-corrected chi connectivity index (χ4v) is 1.96. The summed E-state index contributed by atoms with van der Waals surface area (Å²) in [5, 5.41) is 16.4. The molecule has 1 aromatic carbocycles. The first-order chi connectivity index (χ1) is 9.09. The molecule has 2 rings (SSSR count). The van der Waals surface area contributed by atoms with E-state index in [4.69, 9.17) is 5.11 Å². The molecule has 2 aromatic rings. The number of carbonyl (C=O) groups is 1. The fourth-order valence-electron chi connectivity index (χ4n) is 1.96. The Kier molecular flexibility index (Phi) is 3.97. The minimum absolute atomic E-state index is 0.151. The summed E-state index contributed by atoms with van der Waals surface area (Å²) < 4.78 is 1.59. The van der Waals surface area contributed by atoms with Gasteiger partial charge in [-0.05, 0) is 12.5 Å². The lowest BCUT2D eigenvalue weighted by molar-refractivity contribution is 0.0695. The van der Waals surface area contributed by atoms with Crippen molar-refractivity contribution in [3.05, 3.63) is 53.3 Å². The Morgan fingerprint density at radius 3 is 2.74 bits per heavy atom. The van der Waals surface area contributed by atoms with Crippen LogP contribution in [0.25, 0.3) is 0 Å². The van der Waals surface area contributed by atoms with Crippen LogP contribution in [0.5, 0.6) is 0 Å². The van der Waals surface area contributed by atoms with Gasteiger partial charge >= 0.3 is 5.97 Å². The maximum atomic E-state index is 11.1. The van der Waals surface area contributed by atoms with Gasteiger partial charge in [0.05, 0.1) is 11.9 Å². The van der Waals surface area contributed by atoms with E-state index < -0.39 is 5.97 Å². The van der Waals surface area contributed by atoms with Crippen LogP contribution in [-0.4, -0.2) is 20.9 Å². The van der Waals surface area contributed by atoms with Crippen molar-refractivity contribution in [1.82, 2.24) is 15.1 Å². The van der Waals surface area contributed by atoms with Crippen LogP contribution >= 0.6 is 0 Å². The highest BCUT2D eigenvalue weighted by Crippen LogP contribution is 2.13. The second-order valence-electron chi connectivity index (χ2n) is 4.45. The van der Waals surface area contributed by atoms with Crippen molar-refractivity contribution in [2.75, 3.05) is 0 Å². The average Bonchev–Trinajstić information content (AvgIpc) is 2.78. The van der Waals surface area contributed by atoms with E-state index in [9.17, 15) is 4.79 Å². The number of carboxylic acids is 1. The molecule has 100 valence electrons. The number of nitrogens with one attached hydrogen (secondary N) is 1. The molecule has 0 saturated carbocycles. The van der Waals surface area contributed by atoms with Crippen LogP contribution in [0.4, 0.5) is 0 Å². The number of nitrogens with zero attached hydrogens (tertiary/aromatic N) is 2. The maximum absolute atomic E-state index is 11.1. The van der Waals surface area contributed by atoms with Gasteiger partial charge in [0.15, 0.2) is 0 Å². The van der Waals surface area contributed by atoms with Crippen molar-refractivity contribution < 1.29 is 9.90 Å². The molecule has 0 aliphatic heterocycles. The molecule has 5 heteroatoms. The SMILES string of the molecule is CC(NCc1c(C(=O)O)cnn1C)c1ccccc1. The number of benzene rings is 1. The molecule has 0 fully saturated rings. The molecule has 0 saturated heterocycles. The second-order valence-corrected chi connectivity index (χ2v) is 4.45. The number of rotatable bonds is 5. The molecule has 0 aliphatic carbocycles. The molecular weight excluding hydrogens is 242 g/mol. The van der Waals surface area contributed by atoms with Gasteiger partial charge in [-0.3, -0.25) is 4.68 Å². The molecule has 1 heterocycles. The Balaban J connectivity index is 2.07. The predicted octanol–water partition coefficient (Wildman–Crippen LogP) is 1.97. The lowest BCUT2D eigenvalue weighted by Crippen LogP contribution is -2.21. The lowest BCUT2D eigenvalue weighted by atomic mass is 10.1. The van der Waals surface area contributed by atoms with Crippen LogP contribution in [0.3, 0.4) is 0 Å². The summed E-state index contributed by atoms with van der Waals surface area (Å²) in [7, 11) is 1.75. The first kappa shape index (κ1) is 13.3. The minimum atomic E-state index is -0.947. The molecule has 0 bridgehead atoms. The zero-order valence-corrected chi connectivity index (χ0v) is 11.0. The third kappa shape index (κ3) is 3.00. The quantitative estimate of drug-likeness (QED) is 0.861. The van der Waals surface area contributed by atoms with Gasteiger partial charge in [0.2, 0.25) is 0 Å². The summed E-state index contributed by atoms with van der Waals surface area (Å²) in [6, 6.07) is 10.2. The summed E-state index contributed by atoms with van der Waals surface area (Å²) in [6.45, 7) is 2.51. The van der Waals surface area contributed by atoms with Gasteiger partial charge in [-0.25, -0.2) is 4.79 Å². The number of aromatic carboxylic acids is 1. The monoisotopic (exact) mass is 259 g/mol. The van der Waals surface area contributed by atoms with Crippen molar-refractivity contribution in [3.63, 3.8) is 0 Å². The van der Waals surface area contributed by atoms with Gasteiger partial charge in [-0.15, -0.1) is 0 Å². The average molecular weight is 259 g/mol. The van der Waals surface area contributed by atoms with Crippen molar-refractivity contribution >= 4 is 5.97 Å². The van der Waals surface area contributed by atoms with Crippen LogP contribution in [0.2, 0.25) is 0 Å². The summed E-state index contributed by atoms with van der Waals surface area (Å²) in [4.78, 5) is 11.1. The highest BCUT2D eigenvalue weighted by atomic mass is 16.4.